The van der Waals surface area contributed by atoms with Crippen LogP contribution in [-0.4, -0.2) is 12.5 Å². The van der Waals surface area contributed by atoms with Crippen molar-refractivity contribution in [3.8, 4) is 0 Å². The number of halogens is 4. The van der Waals surface area contributed by atoms with Crippen molar-refractivity contribution in [1.82, 2.24) is 5.32 Å². The lowest BCUT2D eigenvalue weighted by molar-refractivity contribution is -0.137. The summed E-state index contributed by atoms with van der Waals surface area (Å²) in [6, 6.07) is 11.7. The van der Waals surface area contributed by atoms with Crippen LogP contribution in [0.5, 0.6) is 0 Å². The summed E-state index contributed by atoms with van der Waals surface area (Å²) in [6.45, 7) is 3.76. The third-order valence-electron chi connectivity index (χ3n) is 3.81. The zero-order valence-corrected chi connectivity index (χ0v) is 14.7. The van der Waals surface area contributed by atoms with Crippen molar-refractivity contribution in [2.24, 2.45) is 0 Å². The highest BCUT2D eigenvalue weighted by Crippen LogP contribution is 2.32. The van der Waals surface area contributed by atoms with Crippen molar-refractivity contribution in [2.75, 3.05) is 12.3 Å². The van der Waals surface area contributed by atoms with Gasteiger partial charge in [-0.25, -0.2) is 0 Å². The van der Waals surface area contributed by atoms with E-state index in [1.54, 1.807) is 44.2 Å². The van der Waals surface area contributed by atoms with Crippen LogP contribution in [0.3, 0.4) is 0 Å². The van der Waals surface area contributed by atoms with Crippen LogP contribution in [0.25, 0.3) is 0 Å². The van der Waals surface area contributed by atoms with Gasteiger partial charge in [0.15, 0.2) is 0 Å². The number of anilines is 1. The highest BCUT2D eigenvalue weighted by atomic mass is 35.5. The Kier molecular flexibility index (Phi) is 6.48. The van der Waals surface area contributed by atoms with Gasteiger partial charge >= 0.3 is 6.18 Å². The van der Waals surface area contributed by atoms with Crippen molar-refractivity contribution in [3.63, 3.8) is 0 Å². The number of hydrogen-bond donors (Lipinski definition) is 2. The summed E-state index contributed by atoms with van der Waals surface area (Å²) in [5.74, 6) is -0.317. The van der Waals surface area contributed by atoms with Crippen LogP contribution >= 0.6 is 12.4 Å². The Morgan fingerprint density at radius 1 is 1.04 bits per heavy atom. The number of carbonyl (C=O) groups excluding carboxylic acids is 1. The van der Waals surface area contributed by atoms with E-state index in [2.05, 4.69) is 5.32 Å². The van der Waals surface area contributed by atoms with Crippen LogP contribution in [0.2, 0.25) is 0 Å². The first-order valence-corrected chi connectivity index (χ1v) is 7.41. The zero-order valence-electron chi connectivity index (χ0n) is 13.9. The van der Waals surface area contributed by atoms with Gasteiger partial charge in [0.05, 0.1) is 5.56 Å². The van der Waals surface area contributed by atoms with E-state index in [0.29, 0.717) is 16.8 Å². The van der Waals surface area contributed by atoms with Gasteiger partial charge in [-0.1, -0.05) is 38.1 Å². The molecular formula is C18H20ClF3N2O. The van der Waals surface area contributed by atoms with Crippen molar-refractivity contribution in [3.05, 3.63) is 65.2 Å². The molecule has 2 aromatic carbocycles. The summed E-state index contributed by atoms with van der Waals surface area (Å²) in [7, 11) is 0. The molecule has 0 heterocycles. The molecule has 3 nitrogen and oxygen atoms in total. The first kappa shape index (κ1) is 20.8. The predicted octanol–water partition coefficient (Wildman–Crippen LogP) is 4.42. The Morgan fingerprint density at radius 2 is 1.64 bits per heavy atom. The molecule has 2 aromatic rings. The summed E-state index contributed by atoms with van der Waals surface area (Å²) in [5, 5.41) is 2.75. The molecule has 0 aromatic heterocycles. The average Bonchev–Trinajstić information content (AvgIpc) is 2.52. The first-order chi connectivity index (χ1) is 11.1. The molecule has 2 rings (SSSR count). The van der Waals surface area contributed by atoms with Gasteiger partial charge in [0.2, 0.25) is 0 Å². The fourth-order valence-electron chi connectivity index (χ4n) is 2.30. The number of nitrogens with one attached hydrogen (secondary N) is 1. The van der Waals surface area contributed by atoms with Crippen LogP contribution < -0.4 is 11.1 Å². The Morgan fingerprint density at radius 3 is 2.24 bits per heavy atom. The van der Waals surface area contributed by atoms with Gasteiger partial charge < -0.3 is 11.1 Å². The van der Waals surface area contributed by atoms with E-state index >= 15 is 0 Å². The number of amides is 1. The lowest BCUT2D eigenvalue weighted by Gasteiger charge is -2.26. The maximum atomic E-state index is 12.8. The van der Waals surface area contributed by atoms with Crippen LogP contribution in [-0.2, 0) is 11.6 Å². The van der Waals surface area contributed by atoms with Crippen molar-refractivity contribution in [1.29, 1.82) is 0 Å². The fourth-order valence-corrected chi connectivity index (χ4v) is 2.30. The largest absolute Gasteiger partial charge is 0.416 e. The molecule has 0 saturated carbocycles. The second kappa shape index (κ2) is 7.78. The van der Waals surface area contributed by atoms with Crippen molar-refractivity contribution in [2.45, 2.75) is 25.4 Å². The molecule has 3 N–H and O–H groups in total. The maximum Gasteiger partial charge on any atom is 0.416 e. The van der Waals surface area contributed by atoms with Gasteiger partial charge in [-0.2, -0.15) is 13.2 Å². The van der Waals surface area contributed by atoms with Gasteiger partial charge in [0.1, 0.15) is 0 Å². The van der Waals surface area contributed by atoms with E-state index in [9.17, 15) is 18.0 Å². The normalized spacial score (nSPS) is 11.6. The van der Waals surface area contributed by atoms with Crippen molar-refractivity contribution >= 4 is 24.0 Å². The Bertz CT molecular complexity index is 745. The molecule has 25 heavy (non-hydrogen) atoms. The lowest BCUT2D eigenvalue weighted by Crippen LogP contribution is -2.36. The maximum absolute atomic E-state index is 12.8. The topological polar surface area (TPSA) is 55.1 Å². The van der Waals surface area contributed by atoms with Gasteiger partial charge in [-0.15, -0.1) is 12.4 Å². The molecule has 0 atom stereocenters. The van der Waals surface area contributed by atoms with E-state index in [1.165, 1.54) is 6.07 Å². The Balaban J connectivity index is 0.00000312. The molecule has 1 amide bonds. The summed E-state index contributed by atoms with van der Waals surface area (Å²) >= 11 is 0. The number of benzene rings is 2. The highest BCUT2D eigenvalue weighted by Gasteiger charge is 2.32. The van der Waals surface area contributed by atoms with Crippen LogP contribution in [0.15, 0.2) is 48.5 Å². The first-order valence-electron chi connectivity index (χ1n) is 7.41. The second-order valence-electron chi connectivity index (χ2n) is 6.27. The van der Waals surface area contributed by atoms with E-state index < -0.39 is 17.2 Å². The lowest BCUT2D eigenvalue weighted by atomic mass is 9.83. The standard InChI is InChI=1S/C18H19F3N2O.ClH/c1-17(2,13-6-4-7-14(10-13)18(19,20)21)11-23-16(24)12-5-3-8-15(22)9-12;/h3-10H,11,22H2,1-2H3,(H,23,24);1H. The second-order valence-corrected chi connectivity index (χ2v) is 6.27. The zero-order chi connectivity index (χ0) is 18.0. The molecule has 0 unspecified atom stereocenters. The Hall–Kier alpha value is -2.21. The molecule has 7 heteroatoms. The minimum absolute atomic E-state index is 0. The van der Waals surface area contributed by atoms with Crippen molar-refractivity contribution < 1.29 is 18.0 Å². The number of alkyl halides is 3. The minimum atomic E-state index is -4.39. The summed E-state index contributed by atoms with van der Waals surface area (Å²) in [5.41, 5.74) is 5.67. The van der Waals surface area contributed by atoms with E-state index in [0.717, 1.165) is 12.1 Å². The molecule has 0 aliphatic heterocycles. The molecule has 0 spiro atoms. The summed E-state index contributed by atoms with van der Waals surface area (Å²) < 4.78 is 38.5. The van der Waals surface area contributed by atoms with E-state index in [1.807, 2.05) is 0 Å². The average molecular weight is 373 g/mol. The van der Waals surface area contributed by atoms with E-state index in [-0.39, 0.29) is 24.9 Å². The molecule has 136 valence electrons. The molecular weight excluding hydrogens is 353 g/mol. The number of nitrogen functional groups attached to an aromatic ring is 1. The minimum Gasteiger partial charge on any atom is -0.399 e. The number of carbonyl (C=O) groups is 1. The highest BCUT2D eigenvalue weighted by molar-refractivity contribution is 5.95. The Labute approximate surface area is 150 Å². The molecule has 0 saturated heterocycles. The van der Waals surface area contributed by atoms with Crippen LogP contribution in [0.4, 0.5) is 18.9 Å². The molecule has 0 bridgehead atoms. The number of nitrogens with two attached hydrogens (primary N) is 1. The quantitative estimate of drug-likeness (QED) is 0.781. The van der Waals surface area contributed by atoms with Crippen LogP contribution in [0.1, 0.15) is 35.3 Å². The molecule has 0 aliphatic carbocycles. The monoisotopic (exact) mass is 372 g/mol. The van der Waals surface area contributed by atoms with Crippen LogP contribution in [0, 0.1) is 0 Å². The predicted molar refractivity (Wildman–Crippen MR) is 94.9 cm³/mol. The number of rotatable bonds is 4. The van der Waals surface area contributed by atoms with Gasteiger partial charge in [0, 0.05) is 23.2 Å². The van der Waals surface area contributed by atoms with E-state index in [4.69, 9.17) is 5.73 Å². The molecule has 0 radical (unpaired) electrons. The van der Waals surface area contributed by atoms with Gasteiger partial charge in [0.25, 0.3) is 5.91 Å². The van der Waals surface area contributed by atoms with Gasteiger partial charge in [-0.3, -0.25) is 4.79 Å². The fraction of sp³-hybridized carbons (Fsp3) is 0.278. The molecule has 0 aliphatic rings. The van der Waals surface area contributed by atoms with Gasteiger partial charge in [-0.05, 0) is 29.8 Å². The SMILES string of the molecule is CC(C)(CNC(=O)c1cccc(N)c1)c1cccc(C(F)(F)F)c1.Cl. The number of hydrogen-bond acceptors (Lipinski definition) is 2. The summed E-state index contributed by atoms with van der Waals surface area (Å²) in [4.78, 5) is 12.2. The smallest absolute Gasteiger partial charge is 0.399 e. The summed E-state index contributed by atoms with van der Waals surface area (Å²) in [6.07, 6.45) is -4.39. The molecule has 0 fully saturated rings. The third kappa shape index (κ3) is 5.39. The third-order valence-corrected chi connectivity index (χ3v) is 3.81.